The number of halogens is 4. The fourth-order valence-electron chi connectivity index (χ4n) is 16.3. The van der Waals surface area contributed by atoms with Crippen molar-refractivity contribution < 1.29 is 66.8 Å². The molecule has 6 saturated carbocycles. The first-order valence-electron chi connectivity index (χ1n) is 22.5. The molecule has 0 aromatic rings. The molecule has 0 heterocycles. The van der Waals surface area contributed by atoms with Gasteiger partial charge in [-0.15, -0.1) is 0 Å². The van der Waals surface area contributed by atoms with Gasteiger partial charge in [0.2, 0.25) is 10.2 Å². The standard InChI is InChI=1S/C48H58F4O10S2/c1-23-15-27-29-19-33(49)31-17-25(53)7-11-41(31,3)47(29,51)35(55)21-43(27,5)45(23,13-9-37(57)58)39(61)63-64-40(62)46(14-10-38(59)60)24(2)16-28-30-20-34(50)32-18-26(54)8-12-42(32,4)48(30,52)36(56)22-44(28,46)6/h7-8,11-12,17-18,23-24,27-30,33-36,55-56H,9-10,13-16,19-22H2,1-6H3,(H,57,58)(H,59,60)/t23-,24+,27?,28?,29-,30-,33+,34-,35+,36-,41-,42-,43-,44-,45+,46-,47+,48-/m0/s1. The molecule has 0 aliphatic heterocycles. The van der Waals surface area contributed by atoms with Crippen LogP contribution in [0.3, 0.4) is 0 Å². The highest BCUT2D eigenvalue weighted by Gasteiger charge is 2.79. The van der Waals surface area contributed by atoms with Gasteiger partial charge >= 0.3 is 11.9 Å². The third-order valence-electron chi connectivity index (χ3n) is 19.4. The zero-order valence-electron chi connectivity index (χ0n) is 36.9. The molecule has 0 aromatic heterocycles. The summed E-state index contributed by atoms with van der Waals surface area (Å²) in [5.74, 6) is -8.45. The molecule has 0 aromatic carbocycles. The lowest BCUT2D eigenvalue weighted by molar-refractivity contribution is -0.211. The van der Waals surface area contributed by atoms with Crippen LogP contribution in [-0.4, -0.2) is 90.1 Å². The molecule has 18 atom stereocenters. The Labute approximate surface area is 378 Å². The highest BCUT2D eigenvalue weighted by Crippen LogP contribution is 2.77. The normalized spacial score (nSPS) is 49.9. The molecule has 0 spiro atoms. The fourth-order valence-corrected chi connectivity index (χ4v) is 19.1. The Bertz CT molecular complexity index is 2080. The molecule has 0 saturated heterocycles. The van der Waals surface area contributed by atoms with Crippen LogP contribution in [0.5, 0.6) is 0 Å². The van der Waals surface area contributed by atoms with E-state index < -0.39 is 150 Å². The molecule has 8 aliphatic carbocycles. The van der Waals surface area contributed by atoms with Gasteiger partial charge in [0.05, 0.1) is 12.2 Å². The van der Waals surface area contributed by atoms with Crippen molar-refractivity contribution in [2.75, 3.05) is 0 Å². The summed E-state index contributed by atoms with van der Waals surface area (Å²) in [6, 6.07) is 0. The lowest BCUT2D eigenvalue weighted by Gasteiger charge is -2.64. The average molecular weight is 935 g/mol. The fraction of sp³-hybridized carbons (Fsp3) is 0.708. The largest absolute Gasteiger partial charge is 0.481 e. The summed E-state index contributed by atoms with van der Waals surface area (Å²) in [7, 11) is 1.14. The molecular formula is C48H58F4O10S2. The highest BCUT2D eigenvalue weighted by molar-refractivity contribution is 8.87. The Hall–Kier alpha value is -3.08. The van der Waals surface area contributed by atoms with E-state index in [-0.39, 0.29) is 62.5 Å². The predicted octanol–water partition coefficient (Wildman–Crippen LogP) is 8.25. The van der Waals surface area contributed by atoms with E-state index in [0.29, 0.717) is 21.6 Å². The molecule has 0 amide bonds. The van der Waals surface area contributed by atoms with E-state index in [1.54, 1.807) is 27.7 Å². The molecule has 4 N–H and O–H groups in total. The molecule has 64 heavy (non-hydrogen) atoms. The minimum atomic E-state index is -2.45. The molecule has 6 fully saturated rings. The average Bonchev–Trinajstić information content (AvgIpc) is 3.57. The Morgan fingerprint density at radius 3 is 1.30 bits per heavy atom. The van der Waals surface area contributed by atoms with Crippen LogP contribution < -0.4 is 0 Å². The SMILES string of the molecule is C[C@@H]1CC2[C@@H]3C[C@H](F)C4=CC(=O)C=C[C@]4(C)[C@@]3(F)[C@@H](O)C[C@]2(C)[C@]1(CCC(=O)O)C(=O)SSC(=O)[C@@]1(CCC(=O)O)[C@@H](C)CC2[C@@H]3C[C@@H](F)C4=CC(=O)C=C[C@]4(C)[C@]3(F)[C@H](O)C[C@@]21C. The molecular weight excluding hydrogens is 877 g/mol. The summed E-state index contributed by atoms with van der Waals surface area (Å²) in [4.78, 5) is 79.8. The van der Waals surface area contributed by atoms with Gasteiger partial charge in [-0.25, -0.2) is 17.6 Å². The van der Waals surface area contributed by atoms with Crippen LogP contribution in [0.1, 0.15) is 106 Å². The summed E-state index contributed by atoms with van der Waals surface area (Å²) >= 11 is 0. The number of hydrogen-bond acceptors (Lipinski definition) is 10. The predicted molar refractivity (Wildman–Crippen MR) is 230 cm³/mol. The summed E-state index contributed by atoms with van der Waals surface area (Å²) in [5.41, 5.74) is -14.2. The van der Waals surface area contributed by atoms with Gasteiger partial charge in [-0.1, -0.05) is 39.8 Å². The van der Waals surface area contributed by atoms with Gasteiger partial charge in [-0.2, -0.15) is 0 Å². The van der Waals surface area contributed by atoms with Gasteiger partial charge in [0.15, 0.2) is 22.9 Å². The van der Waals surface area contributed by atoms with E-state index in [4.69, 9.17) is 0 Å². The van der Waals surface area contributed by atoms with Crippen LogP contribution in [0, 0.1) is 68.0 Å². The van der Waals surface area contributed by atoms with Crippen LogP contribution >= 0.6 is 21.6 Å². The van der Waals surface area contributed by atoms with E-state index in [0.717, 1.165) is 12.2 Å². The Balaban J connectivity index is 1.14. The van der Waals surface area contributed by atoms with Crippen molar-refractivity contribution in [1.82, 2.24) is 0 Å². The van der Waals surface area contributed by atoms with E-state index in [9.17, 15) is 39.6 Å². The maximum absolute atomic E-state index is 18.1. The number of ketones is 2. The Morgan fingerprint density at radius 2 is 0.969 bits per heavy atom. The second-order valence-electron chi connectivity index (χ2n) is 21.5. The molecule has 8 aliphatic rings. The molecule has 2 unspecified atom stereocenters. The number of carboxylic acids is 2. The quantitative estimate of drug-likeness (QED) is 0.135. The Kier molecular flexibility index (Phi) is 11.3. The number of hydrogen-bond donors (Lipinski definition) is 4. The van der Waals surface area contributed by atoms with E-state index in [1.165, 1.54) is 38.2 Å². The van der Waals surface area contributed by atoms with Crippen LogP contribution in [-0.2, 0) is 28.8 Å². The summed E-state index contributed by atoms with van der Waals surface area (Å²) in [6.45, 7) is 9.85. The van der Waals surface area contributed by atoms with Crippen molar-refractivity contribution in [1.29, 1.82) is 0 Å². The molecule has 350 valence electrons. The van der Waals surface area contributed by atoms with E-state index in [1.807, 2.05) is 0 Å². The number of carbonyl (C=O) groups excluding carboxylic acids is 4. The number of carbonyl (C=O) groups is 6. The maximum atomic E-state index is 18.1. The number of aliphatic hydroxyl groups is 2. The summed E-state index contributed by atoms with van der Waals surface area (Å²) in [6.07, 6.45) is -2.34. The lowest BCUT2D eigenvalue weighted by Crippen LogP contribution is -2.69. The first-order chi connectivity index (χ1) is 29.7. The van der Waals surface area contributed by atoms with Crippen molar-refractivity contribution in [3.63, 3.8) is 0 Å². The molecule has 0 radical (unpaired) electrons. The smallest absolute Gasteiger partial charge is 0.303 e. The number of rotatable bonds is 8. The number of allylic oxidation sites excluding steroid dienone is 8. The zero-order valence-corrected chi connectivity index (χ0v) is 38.5. The minimum Gasteiger partial charge on any atom is -0.481 e. The van der Waals surface area contributed by atoms with Gasteiger partial charge in [-0.3, -0.25) is 28.8 Å². The first kappa shape index (κ1) is 47.4. The van der Waals surface area contributed by atoms with Crippen LogP contribution in [0.25, 0.3) is 0 Å². The number of carboxylic acid groups (broad SMARTS) is 2. The first-order valence-corrected chi connectivity index (χ1v) is 24.6. The number of aliphatic carboxylic acids is 2. The van der Waals surface area contributed by atoms with Crippen molar-refractivity contribution in [3.05, 3.63) is 47.6 Å². The number of fused-ring (bicyclic) bond motifs is 10. The summed E-state index contributed by atoms with van der Waals surface area (Å²) < 4.78 is 68.6. The van der Waals surface area contributed by atoms with Crippen LogP contribution in [0.15, 0.2) is 47.6 Å². The molecule has 0 bridgehead atoms. The second-order valence-corrected chi connectivity index (χ2v) is 23.5. The van der Waals surface area contributed by atoms with Gasteiger partial charge in [0, 0.05) is 46.3 Å². The summed E-state index contributed by atoms with van der Waals surface area (Å²) in [5, 5.41) is 42.9. The third-order valence-corrected chi connectivity index (χ3v) is 21.6. The van der Waals surface area contributed by atoms with Crippen molar-refractivity contribution in [3.8, 4) is 0 Å². The van der Waals surface area contributed by atoms with Gasteiger partial charge in [0.25, 0.3) is 0 Å². The third kappa shape index (κ3) is 5.84. The second kappa shape index (κ2) is 15.2. The topological polar surface area (TPSA) is 183 Å². The number of alkyl halides is 4. The van der Waals surface area contributed by atoms with Crippen molar-refractivity contribution in [2.45, 2.75) is 142 Å². The van der Waals surface area contributed by atoms with Gasteiger partial charge < -0.3 is 20.4 Å². The minimum absolute atomic E-state index is 0.0613. The van der Waals surface area contributed by atoms with E-state index >= 15 is 27.2 Å². The monoisotopic (exact) mass is 934 g/mol. The van der Waals surface area contributed by atoms with Crippen molar-refractivity contribution in [2.24, 2.45) is 68.0 Å². The molecule has 10 nitrogen and oxygen atoms in total. The van der Waals surface area contributed by atoms with Crippen LogP contribution in [0.2, 0.25) is 0 Å². The van der Waals surface area contributed by atoms with Crippen molar-refractivity contribution >= 4 is 55.3 Å². The highest BCUT2D eigenvalue weighted by atomic mass is 33.1. The number of aliphatic hydroxyl groups excluding tert-OH is 2. The van der Waals surface area contributed by atoms with E-state index in [2.05, 4.69) is 0 Å². The Morgan fingerprint density at radius 1 is 0.625 bits per heavy atom. The van der Waals surface area contributed by atoms with Gasteiger partial charge in [0.1, 0.15) is 12.3 Å². The van der Waals surface area contributed by atoms with Crippen LogP contribution in [0.4, 0.5) is 17.6 Å². The lowest BCUT2D eigenvalue weighted by atomic mass is 9.43. The molecule has 16 heteroatoms. The maximum Gasteiger partial charge on any atom is 0.303 e. The molecule has 8 rings (SSSR count). The van der Waals surface area contributed by atoms with Gasteiger partial charge in [-0.05, 0) is 157 Å². The zero-order chi connectivity index (χ0) is 47.1.